The maximum atomic E-state index is 12.3. The fourth-order valence-corrected chi connectivity index (χ4v) is 2.67. The van der Waals surface area contributed by atoms with Crippen LogP contribution in [0, 0.1) is 5.92 Å². The summed E-state index contributed by atoms with van der Waals surface area (Å²) in [5, 5.41) is 0. The van der Waals surface area contributed by atoms with Crippen LogP contribution in [0.3, 0.4) is 0 Å². The van der Waals surface area contributed by atoms with Crippen molar-refractivity contribution in [2.24, 2.45) is 11.7 Å². The minimum Gasteiger partial charge on any atom is -0.381 e. The molecule has 0 aliphatic carbocycles. The molecule has 4 nitrogen and oxygen atoms in total. The minimum absolute atomic E-state index is 0.0134. The molecule has 1 aromatic carbocycles. The van der Waals surface area contributed by atoms with Gasteiger partial charge in [-0.15, -0.1) is 0 Å². The molecule has 110 valence electrons. The molecular weight excluding hydrogens is 252 g/mol. The first-order chi connectivity index (χ1) is 9.66. The zero-order valence-corrected chi connectivity index (χ0v) is 12.1. The number of nitrogens with zero attached hydrogens (tertiary/aromatic N) is 1. The van der Waals surface area contributed by atoms with Crippen LogP contribution >= 0.6 is 0 Å². The van der Waals surface area contributed by atoms with Gasteiger partial charge in [0.2, 0.25) is 5.91 Å². The molecule has 2 atom stereocenters. The van der Waals surface area contributed by atoms with Crippen LogP contribution in [0.25, 0.3) is 0 Å². The topological polar surface area (TPSA) is 55.6 Å². The lowest BCUT2D eigenvalue weighted by molar-refractivity contribution is -0.132. The molecule has 0 radical (unpaired) electrons. The molecule has 0 saturated carbocycles. The Kier molecular flexibility index (Phi) is 5.56. The molecule has 1 aliphatic rings. The Hall–Kier alpha value is -1.39. The third kappa shape index (κ3) is 4.32. The predicted octanol–water partition coefficient (Wildman–Crippen LogP) is 1.44. The molecule has 4 heteroatoms. The molecule has 1 aliphatic heterocycles. The van der Waals surface area contributed by atoms with Gasteiger partial charge in [0.05, 0.1) is 12.6 Å². The number of nitrogens with two attached hydrogens (primary N) is 1. The SMILES string of the molecule is CN(CC1CCCOC1)C(=O)C(N)Cc1ccccc1. The summed E-state index contributed by atoms with van der Waals surface area (Å²) in [5.41, 5.74) is 7.13. The summed E-state index contributed by atoms with van der Waals surface area (Å²) in [6.45, 7) is 2.34. The Labute approximate surface area is 120 Å². The van der Waals surface area contributed by atoms with E-state index in [-0.39, 0.29) is 5.91 Å². The van der Waals surface area contributed by atoms with Gasteiger partial charge in [-0.3, -0.25) is 4.79 Å². The van der Waals surface area contributed by atoms with Crippen molar-refractivity contribution in [2.45, 2.75) is 25.3 Å². The van der Waals surface area contributed by atoms with Crippen molar-refractivity contribution in [3.8, 4) is 0 Å². The van der Waals surface area contributed by atoms with Crippen LogP contribution in [0.2, 0.25) is 0 Å². The number of carbonyl (C=O) groups is 1. The van der Waals surface area contributed by atoms with Gasteiger partial charge in [0.1, 0.15) is 0 Å². The quantitative estimate of drug-likeness (QED) is 0.885. The number of benzene rings is 1. The van der Waals surface area contributed by atoms with Crippen LogP contribution in [0.1, 0.15) is 18.4 Å². The van der Waals surface area contributed by atoms with Gasteiger partial charge in [0.15, 0.2) is 0 Å². The highest BCUT2D eigenvalue weighted by Gasteiger charge is 2.22. The molecule has 20 heavy (non-hydrogen) atoms. The zero-order valence-electron chi connectivity index (χ0n) is 12.1. The number of ether oxygens (including phenoxy) is 1. The van der Waals surface area contributed by atoms with E-state index in [1.807, 2.05) is 37.4 Å². The van der Waals surface area contributed by atoms with E-state index in [0.29, 0.717) is 12.3 Å². The number of hydrogen-bond acceptors (Lipinski definition) is 3. The van der Waals surface area contributed by atoms with Crippen molar-refractivity contribution in [3.63, 3.8) is 0 Å². The van der Waals surface area contributed by atoms with Crippen LogP contribution in [0.15, 0.2) is 30.3 Å². The first kappa shape index (κ1) is 15.0. The molecule has 2 unspecified atom stereocenters. The average Bonchev–Trinajstić information content (AvgIpc) is 2.48. The Morgan fingerprint density at radius 1 is 1.45 bits per heavy atom. The van der Waals surface area contributed by atoms with Gasteiger partial charge in [-0.2, -0.15) is 0 Å². The van der Waals surface area contributed by atoms with Crippen molar-refractivity contribution < 1.29 is 9.53 Å². The van der Waals surface area contributed by atoms with E-state index in [9.17, 15) is 4.79 Å². The number of rotatable bonds is 5. The van der Waals surface area contributed by atoms with Gasteiger partial charge in [-0.1, -0.05) is 30.3 Å². The van der Waals surface area contributed by atoms with E-state index in [4.69, 9.17) is 10.5 Å². The third-order valence-electron chi connectivity index (χ3n) is 3.78. The second-order valence-electron chi connectivity index (χ2n) is 5.60. The Balaban J connectivity index is 1.82. The molecule has 0 aromatic heterocycles. The molecule has 1 fully saturated rings. The van der Waals surface area contributed by atoms with Crippen LogP contribution in [-0.2, 0) is 16.0 Å². The van der Waals surface area contributed by atoms with Crippen molar-refractivity contribution in [2.75, 3.05) is 26.8 Å². The summed E-state index contributed by atoms with van der Waals surface area (Å²) < 4.78 is 5.45. The van der Waals surface area contributed by atoms with E-state index in [1.54, 1.807) is 4.90 Å². The van der Waals surface area contributed by atoms with Crippen molar-refractivity contribution in [1.82, 2.24) is 4.90 Å². The van der Waals surface area contributed by atoms with E-state index in [2.05, 4.69) is 0 Å². The first-order valence-corrected chi connectivity index (χ1v) is 7.29. The number of likely N-dealkylation sites (N-methyl/N-ethyl adjacent to an activating group) is 1. The molecule has 2 rings (SSSR count). The maximum absolute atomic E-state index is 12.3. The fourth-order valence-electron chi connectivity index (χ4n) is 2.67. The molecular formula is C16H24N2O2. The summed E-state index contributed by atoms with van der Waals surface area (Å²) in [7, 11) is 1.84. The lowest BCUT2D eigenvalue weighted by Gasteiger charge is -2.28. The second-order valence-corrected chi connectivity index (χ2v) is 5.60. The highest BCUT2D eigenvalue weighted by molar-refractivity contribution is 5.81. The molecule has 0 bridgehead atoms. The van der Waals surface area contributed by atoms with Crippen LogP contribution < -0.4 is 5.73 Å². The highest BCUT2D eigenvalue weighted by atomic mass is 16.5. The van der Waals surface area contributed by atoms with Crippen molar-refractivity contribution in [1.29, 1.82) is 0 Å². The number of amides is 1. The average molecular weight is 276 g/mol. The second kappa shape index (κ2) is 7.41. The molecule has 2 N–H and O–H groups in total. The number of hydrogen-bond donors (Lipinski definition) is 1. The minimum atomic E-state index is -0.466. The molecule has 1 saturated heterocycles. The maximum Gasteiger partial charge on any atom is 0.239 e. The Bertz CT molecular complexity index is 416. The van der Waals surface area contributed by atoms with Gasteiger partial charge in [0, 0.05) is 20.2 Å². The third-order valence-corrected chi connectivity index (χ3v) is 3.78. The van der Waals surface area contributed by atoms with E-state index in [1.165, 1.54) is 0 Å². The molecule has 0 spiro atoms. The lowest BCUT2D eigenvalue weighted by atomic mass is 10.0. The lowest BCUT2D eigenvalue weighted by Crippen LogP contribution is -2.45. The summed E-state index contributed by atoms with van der Waals surface area (Å²) in [4.78, 5) is 14.0. The highest BCUT2D eigenvalue weighted by Crippen LogP contribution is 2.15. The van der Waals surface area contributed by atoms with Crippen LogP contribution in [0.5, 0.6) is 0 Å². The van der Waals surface area contributed by atoms with Crippen molar-refractivity contribution in [3.05, 3.63) is 35.9 Å². The summed E-state index contributed by atoms with van der Waals surface area (Å²) in [6.07, 6.45) is 2.81. The van der Waals surface area contributed by atoms with Gasteiger partial charge in [-0.25, -0.2) is 0 Å². The summed E-state index contributed by atoms with van der Waals surface area (Å²) >= 11 is 0. The molecule has 1 heterocycles. The summed E-state index contributed by atoms with van der Waals surface area (Å²) in [6, 6.07) is 9.44. The van der Waals surface area contributed by atoms with Crippen LogP contribution in [0.4, 0.5) is 0 Å². The van der Waals surface area contributed by atoms with Gasteiger partial charge in [0.25, 0.3) is 0 Å². The Morgan fingerprint density at radius 3 is 2.85 bits per heavy atom. The van der Waals surface area contributed by atoms with Gasteiger partial charge >= 0.3 is 0 Å². The van der Waals surface area contributed by atoms with Gasteiger partial charge in [-0.05, 0) is 30.7 Å². The molecule has 1 amide bonds. The van der Waals surface area contributed by atoms with Gasteiger partial charge < -0.3 is 15.4 Å². The largest absolute Gasteiger partial charge is 0.381 e. The van der Waals surface area contributed by atoms with E-state index in [0.717, 1.165) is 38.2 Å². The van der Waals surface area contributed by atoms with Crippen LogP contribution in [-0.4, -0.2) is 43.7 Å². The first-order valence-electron chi connectivity index (χ1n) is 7.29. The number of carbonyl (C=O) groups excluding carboxylic acids is 1. The summed E-state index contributed by atoms with van der Waals surface area (Å²) in [5.74, 6) is 0.459. The van der Waals surface area contributed by atoms with Crippen molar-refractivity contribution >= 4 is 5.91 Å². The standard InChI is InChI=1S/C16H24N2O2/c1-18(11-14-8-5-9-20-12-14)16(19)15(17)10-13-6-3-2-4-7-13/h2-4,6-7,14-15H,5,8-12,17H2,1H3. The normalized spacial score (nSPS) is 20.4. The van der Waals surface area contributed by atoms with E-state index >= 15 is 0 Å². The Morgan fingerprint density at radius 2 is 2.20 bits per heavy atom. The predicted molar refractivity (Wildman–Crippen MR) is 79.3 cm³/mol. The zero-order chi connectivity index (χ0) is 14.4. The monoisotopic (exact) mass is 276 g/mol. The smallest absolute Gasteiger partial charge is 0.239 e. The fraction of sp³-hybridized carbons (Fsp3) is 0.562. The van der Waals surface area contributed by atoms with E-state index < -0.39 is 6.04 Å². The molecule has 1 aromatic rings.